The number of hydrogen-bond acceptors (Lipinski definition) is 5. The van der Waals surface area contributed by atoms with Gasteiger partial charge in [-0.25, -0.2) is 9.97 Å². The maximum Gasteiger partial charge on any atom is 0.188 e. The van der Waals surface area contributed by atoms with Gasteiger partial charge in [-0.05, 0) is 25.5 Å². The van der Waals surface area contributed by atoms with Gasteiger partial charge in [0.15, 0.2) is 5.13 Å². The fourth-order valence-corrected chi connectivity index (χ4v) is 1.97. The molecule has 2 rings (SSSR count). The SMILES string of the molecule is Cc1cnc(Nc2nccc(C)c2C#N)s1. The van der Waals surface area contributed by atoms with E-state index in [9.17, 15) is 0 Å². The molecule has 2 aromatic heterocycles. The molecular weight excluding hydrogens is 220 g/mol. The fraction of sp³-hybridized carbons (Fsp3) is 0.182. The molecule has 0 unspecified atom stereocenters. The highest BCUT2D eigenvalue weighted by Gasteiger charge is 2.08. The molecule has 0 saturated heterocycles. The Morgan fingerprint density at radius 3 is 2.81 bits per heavy atom. The first-order valence-corrected chi connectivity index (χ1v) is 5.57. The summed E-state index contributed by atoms with van der Waals surface area (Å²) < 4.78 is 0. The lowest BCUT2D eigenvalue weighted by Crippen LogP contribution is -1.97. The molecule has 5 heteroatoms. The summed E-state index contributed by atoms with van der Waals surface area (Å²) in [5, 5.41) is 12.9. The number of thiazole rings is 1. The summed E-state index contributed by atoms with van der Waals surface area (Å²) in [5.41, 5.74) is 1.48. The van der Waals surface area contributed by atoms with Gasteiger partial charge in [-0.2, -0.15) is 5.26 Å². The monoisotopic (exact) mass is 230 g/mol. The lowest BCUT2D eigenvalue weighted by molar-refractivity contribution is 1.23. The summed E-state index contributed by atoms with van der Waals surface area (Å²) in [6.07, 6.45) is 3.47. The highest BCUT2D eigenvalue weighted by atomic mass is 32.1. The van der Waals surface area contributed by atoms with E-state index in [1.165, 1.54) is 11.3 Å². The molecule has 0 bridgehead atoms. The third-order valence-corrected chi connectivity index (χ3v) is 2.95. The molecular formula is C11H10N4S. The number of nitrogens with zero attached hydrogens (tertiary/aromatic N) is 3. The Morgan fingerprint density at radius 1 is 1.38 bits per heavy atom. The average molecular weight is 230 g/mol. The molecule has 2 aromatic rings. The van der Waals surface area contributed by atoms with Crippen LogP contribution in [-0.2, 0) is 0 Å². The molecule has 0 aliphatic heterocycles. The minimum atomic E-state index is 0.565. The Morgan fingerprint density at radius 2 is 2.19 bits per heavy atom. The highest BCUT2D eigenvalue weighted by Crippen LogP contribution is 2.23. The van der Waals surface area contributed by atoms with E-state index in [1.54, 1.807) is 12.4 Å². The normalized spacial score (nSPS) is 9.81. The third-order valence-electron chi connectivity index (χ3n) is 2.12. The first-order valence-electron chi connectivity index (χ1n) is 4.76. The lowest BCUT2D eigenvalue weighted by atomic mass is 10.1. The van der Waals surface area contributed by atoms with Crippen molar-refractivity contribution >= 4 is 22.3 Å². The molecule has 0 amide bonds. The van der Waals surface area contributed by atoms with Crippen molar-refractivity contribution in [2.45, 2.75) is 13.8 Å². The van der Waals surface area contributed by atoms with Gasteiger partial charge in [0.2, 0.25) is 0 Å². The standard InChI is InChI=1S/C11H10N4S/c1-7-3-4-13-10(9(7)5-12)15-11-14-6-8(2)16-11/h3-4,6H,1-2H3,(H,13,14,15). The maximum absolute atomic E-state index is 9.04. The van der Waals surface area contributed by atoms with Gasteiger partial charge in [0.05, 0.1) is 5.56 Å². The van der Waals surface area contributed by atoms with Crippen LogP contribution in [0.1, 0.15) is 16.0 Å². The van der Waals surface area contributed by atoms with Gasteiger partial charge in [-0.3, -0.25) is 0 Å². The second kappa shape index (κ2) is 4.29. The van der Waals surface area contributed by atoms with Crippen molar-refractivity contribution in [2.75, 3.05) is 5.32 Å². The Hall–Kier alpha value is -1.93. The van der Waals surface area contributed by atoms with Crippen molar-refractivity contribution in [3.63, 3.8) is 0 Å². The average Bonchev–Trinajstić information content (AvgIpc) is 2.64. The summed E-state index contributed by atoms with van der Waals surface area (Å²) in [5.74, 6) is 0.567. The van der Waals surface area contributed by atoms with Crippen LogP contribution in [0.5, 0.6) is 0 Å². The fourth-order valence-electron chi connectivity index (χ4n) is 1.31. The zero-order valence-corrected chi connectivity index (χ0v) is 9.80. The van der Waals surface area contributed by atoms with E-state index in [0.29, 0.717) is 11.4 Å². The van der Waals surface area contributed by atoms with Gasteiger partial charge in [-0.15, -0.1) is 11.3 Å². The first kappa shape index (κ1) is 10.6. The summed E-state index contributed by atoms with van der Waals surface area (Å²) >= 11 is 1.54. The van der Waals surface area contributed by atoms with E-state index in [-0.39, 0.29) is 0 Å². The smallest absolute Gasteiger partial charge is 0.188 e. The molecule has 16 heavy (non-hydrogen) atoms. The summed E-state index contributed by atoms with van der Waals surface area (Å²) in [4.78, 5) is 9.44. The van der Waals surface area contributed by atoms with Gasteiger partial charge in [0.1, 0.15) is 11.9 Å². The summed E-state index contributed by atoms with van der Waals surface area (Å²) in [6.45, 7) is 3.87. The maximum atomic E-state index is 9.04. The van der Waals surface area contributed by atoms with Crippen LogP contribution in [0.2, 0.25) is 0 Å². The molecule has 0 spiro atoms. The highest BCUT2D eigenvalue weighted by molar-refractivity contribution is 7.15. The van der Waals surface area contributed by atoms with E-state index in [4.69, 9.17) is 5.26 Å². The first-order chi connectivity index (χ1) is 7.70. The number of pyridine rings is 1. The van der Waals surface area contributed by atoms with Crippen LogP contribution in [0.3, 0.4) is 0 Å². The van der Waals surface area contributed by atoms with Gasteiger partial charge in [-0.1, -0.05) is 0 Å². The molecule has 4 nitrogen and oxygen atoms in total. The van der Waals surface area contributed by atoms with Crippen molar-refractivity contribution in [2.24, 2.45) is 0 Å². The molecule has 2 heterocycles. The van der Waals surface area contributed by atoms with Crippen molar-refractivity contribution in [3.05, 3.63) is 34.5 Å². The Bertz CT molecular complexity index is 553. The van der Waals surface area contributed by atoms with Crippen molar-refractivity contribution in [3.8, 4) is 6.07 Å². The number of hydrogen-bond donors (Lipinski definition) is 1. The number of nitriles is 1. The molecule has 0 aliphatic carbocycles. The van der Waals surface area contributed by atoms with Crippen LogP contribution in [-0.4, -0.2) is 9.97 Å². The van der Waals surface area contributed by atoms with E-state index < -0.39 is 0 Å². The van der Waals surface area contributed by atoms with Crippen LogP contribution in [0, 0.1) is 25.2 Å². The third kappa shape index (κ3) is 2.02. The predicted octanol–water partition coefficient (Wildman–Crippen LogP) is 2.77. The summed E-state index contributed by atoms with van der Waals surface area (Å²) in [6, 6.07) is 3.96. The van der Waals surface area contributed by atoms with Gasteiger partial charge < -0.3 is 5.32 Å². The van der Waals surface area contributed by atoms with Gasteiger partial charge >= 0.3 is 0 Å². The van der Waals surface area contributed by atoms with Crippen LogP contribution >= 0.6 is 11.3 Å². The predicted molar refractivity (Wildman–Crippen MR) is 63.8 cm³/mol. The zero-order valence-electron chi connectivity index (χ0n) is 8.98. The number of aromatic nitrogens is 2. The van der Waals surface area contributed by atoms with Crippen molar-refractivity contribution < 1.29 is 0 Å². The largest absolute Gasteiger partial charge is 0.315 e. The van der Waals surface area contributed by atoms with Crippen LogP contribution in [0.4, 0.5) is 10.9 Å². The Balaban J connectivity index is 2.35. The summed E-state index contributed by atoms with van der Waals surface area (Å²) in [7, 11) is 0. The number of anilines is 2. The second-order valence-electron chi connectivity index (χ2n) is 3.36. The van der Waals surface area contributed by atoms with E-state index >= 15 is 0 Å². The van der Waals surface area contributed by atoms with Crippen LogP contribution in [0.25, 0.3) is 0 Å². The topological polar surface area (TPSA) is 61.6 Å². The molecule has 0 fully saturated rings. The molecule has 0 atom stereocenters. The van der Waals surface area contributed by atoms with Gasteiger partial charge in [0.25, 0.3) is 0 Å². The molecule has 0 radical (unpaired) electrons. The van der Waals surface area contributed by atoms with Crippen molar-refractivity contribution in [1.29, 1.82) is 5.26 Å². The molecule has 0 aromatic carbocycles. The molecule has 80 valence electrons. The Labute approximate surface area is 97.6 Å². The minimum absolute atomic E-state index is 0.565. The van der Waals surface area contributed by atoms with Crippen LogP contribution in [0.15, 0.2) is 18.5 Å². The Kier molecular flexibility index (Phi) is 2.84. The quantitative estimate of drug-likeness (QED) is 0.861. The molecule has 1 N–H and O–H groups in total. The van der Waals surface area contributed by atoms with Crippen LogP contribution < -0.4 is 5.32 Å². The van der Waals surface area contributed by atoms with E-state index in [0.717, 1.165) is 15.6 Å². The van der Waals surface area contributed by atoms with Crippen molar-refractivity contribution in [1.82, 2.24) is 9.97 Å². The van der Waals surface area contributed by atoms with Gasteiger partial charge in [0, 0.05) is 17.3 Å². The number of rotatable bonds is 2. The molecule has 0 aliphatic rings. The zero-order chi connectivity index (χ0) is 11.5. The lowest BCUT2D eigenvalue weighted by Gasteiger charge is -2.05. The molecule has 0 saturated carbocycles. The van der Waals surface area contributed by atoms with E-state index in [1.807, 2.05) is 19.9 Å². The second-order valence-corrected chi connectivity index (χ2v) is 4.60. The number of aryl methyl sites for hydroxylation is 2. The number of nitrogens with one attached hydrogen (secondary N) is 1. The minimum Gasteiger partial charge on any atom is -0.315 e. The van der Waals surface area contributed by atoms with E-state index in [2.05, 4.69) is 21.4 Å².